The Kier molecular flexibility index (Phi) is 3.62. The minimum atomic E-state index is 0.224. The van der Waals surface area contributed by atoms with Gasteiger partial charge in [-0.2, -0.15) is 15.0 Å². The van der Waals surface area contributed by atoms with Gasteiger partial charge in [0.2, 0.25) is 0 Å². The van der Waals surface area contributed by atoms with Gasteiger partial charge in [0.15, 0.2) is 0 Å². The minimum absolute atomic E-state index is 0.224. The van der Waals surface area contributed by atoms with Gasteiger partial charge in [0.05, 0.1) is 6.04 Å². The van der Waals surface area contributed by atoms with Gasteiger partial charge in [-0.1, -0.05) is 66.7 Å². The molecule has 1 aromatic heterocycles. The van der Waals surface area contributed by atoms with Crippen LogP contribution in [0.15, 0.2) is 72.8 Å². The average molecular weight is 313 g/mol. The van der Waals surface area contributed by atoms with E-state index in [1.165, 1.54) is 10.8 Å². The zero-order chi connectivity index (χ0) is 16.5. The summed E-state index contributed by atoms with van der Waals surface area (Å²) in [7, 11) is 0. The number of fused-ring (bicyclic) bond motifs is 1. The molecule has 0 aliphatic carbocycles. The van der Waals surface area contributed by atoms with Crippen LogP contribution in [0.25, 0.3) is 33.3 Å². The van der Waals surface area contributed by atoms with Crippen molar-refractivity contribution in [3.63, 3.8) is 0 Å². The fourth-order valence-electron chi connectivity index (χ4n) is 2.87. The smallest absolute Gasteiger partial charge is 0.121 e. The van der Waals surface area contributed by atoms with E-state index in [0.29, 0.717) is 0 Å². The fraction of sp³-hybridized carbons (Fsp3) is 0.143. The first-order chi connectivity index (χ1) is 11.7. The van der Waals surface area contributed by atoms with E-state index in [-0.39, 0.29) is 6.04 Å². The Balaban J connectivity index is 1.92. The van der Waals surface area contributed by atoms with Gasteiger partial charge in [0, 0.05) is 11.1 Å². The monoisotopic (exact) mass is 313 g/mol. The van der Waals surface area contributed by atoms with Crippen LogP contribution < -0.4 is 0 Å². The zero-order valence-corrected chi connectivity index (χ0v) is 13.8. The molecule has 0 aliphatic heterocycles. The third-order valence-electron chi connectivity index (χ3n) is 4.16. The molecule has 0 radical (unpaired) electrons. The molecule has 3 nitrogen and oxygen atoms in total. The average Bonchev–Trinajstić information content (AvgIpc) is 3.08. The molecule has 0 spiro atoms. The second-order valence-corrected chi connectivity index (χ2v) is 6.24. The molecule has 0 atom stereocenters. The first-order valence-electron chi connectivity index (χ1n) is 8.24. The molecule has 0 bridgehead atoms. The topological polar surface area (TPSA) is 30.7 Å². The van der Waals surface area contributed by atoms with Crippen molar-refractivity contribution in [3.05, 3.63) is 72.8 Å². The Bertz CT molecular complexity index is 984. The zero-order valence-electron chi connectivity index (χ0n) is 13.8. The van der Waals surface area contributed by atoms with Crippen LogP contribution in [-0.4, -0.2) is 15.0 Å². The van der Waals surface area contributed by atoms with Crippen LogP contribution in [0.5, 0.6) is 0 Å². The van der Waals surface area contributed by atoms with E-state index in [1.54, 1.807) is 4.80 Å². The predicted molar refractivity (Wildman–Crippen MR) is 98.8 cm³/mol. The summed E-state index contributed by atoms with van der Waals surface area (Å²) in [6.45, 7) is 4.19. The highest BCUT2D eigenvalue weighted by Crippen LogP contribution is 2.31. The number of benzene rings is 3. The molecule has 118 valence electrons. The largest absolute Gasteiger partial charge is 0.181 e. The third-order valence-corrected chi connectivity index (χ3v) is 4.16. The summed E-state index contributed by atoms with van der Waals surface area (Å²) in [5.41, 5.74) is 4.05. The predicted octanol–water partition coefficient (Wildman–Crippen LogP) is 5.35. The summed E-state index contributed by atoms with van der Waals surface area (Å²) in [6.07, 6.45) is 0. The van der Waals surface area contributed by atoms with Gasteiger partial charge in [-0.05, 0) is 30.7 Å². The Labute approximate surface area is 141 Å². The Morgan fingerprint density at radius 3 is 2.00 bits per heavy atom. The van der Waals surface area contributed by atoms with Crippen molar-refractivity contribution in [1.29, 1.82) is 0 Å². The molecule has 0 unspecified atom stereocenters. The Hall–Kier alpha value is -2.94. The van der Waals surface area contributed by atoms with Crippen molar-refractivity contribution in [1.82, 2.24) is 15.0 Å². The van der Waals surface area contributed by atoms with Crippen molar-refractivity contribution < 1.29 is 0 Å². The highest BCUT2D eigenvalue weighted by atomic mass is 15.5. The van der Waals surface area contributed by atoms with Gasteiger partial charge in [-0.25, -0.2) is 0 Å². The van der Waals surface area contributed by atoms with Crippen molar-refractivity contribution >= 4 is 10.8 Å². The Morgan fingerprint density at radius 2 is 1.29 bits per heavy atom. The molecular formula is C21H19N3. The van der Waals surface area contributed by atoms with Gasteiger partial charge in [0.25, 0.3) is 0 Å². The maximum Gasteiger partial charge on any atom is 0.121 e. The van der Waals surface area contributed by atoms with Gasteiger partial charge in [-0.15, -0.1) is 0 Å². The molecule has 0 saturated carbocycles. The standard InChI is InChI=1S/C21H19N3/c1-15(2)24-22-20(17-9-4-3-5-10-17)21(23-24)19-13-12-16-8-6-7-11-18(16)14-19/h3-15H,1-2H3. The van der Waals surface area contributed by atoms with Crippen molar-refractivity contribution in [2.75, 3.05) is 0 Å². The van der Waals surface area contributed by atoms with E-state index in [0.717, 1.165) is 22.5 Å². The lowest BCUT2D eigenvalue weighted by Gasteiger charge is -2.03. The van der Waals surface area contributed by atoms with E-state index >= 15 is 0 Å². The minimum Gasteiger partial charge on any atom is -0.181 e. The highest BCUT2D eigenvalue weighted by Gasteiger charge is 2.16. The number of aromatic nitrogens is 3. The molecule has 4 aromatic rings. The van der Waals surface area contributed by atoms with Crippen LogP contribution in [0.1, 0.15) is 19.9 Å². The van der Waals surface area contributed by atoms with Crippen LogP contribution in [-0.2, 0) is 0 Å². The number of rotatable bonds is 3. The lowest BCUT2D eigenvalue weighted by Crippen LogP contribution is -2.04. The summed E-state index contributed by atoms with van der Waals surface area (Å²) in [5.74, 6) is 0. The SMILES string of the molecule is CC(C)n1nc(-c2ccccc2)c(-c2ccc3ccccc3c2)n1. The molecular weight excluding hydrogens is 294 g/mol. The molecule has 0 saturated heterocycles. The van der Waals surface area contributed by atoms with E-state index in [1.807, 2.05) is 18.2 Å². The second kappa shape index (κ2) is 5.93. The summed E-state index contributed by atoms with van der Waals surface area (Å²) >= 11 is 0. The van der Waals surface area contributed by atoms with Crippen LogP contribution in [0, 0.1) is 0 Å². The van der Waals surface area contributed by atoms with Crippen LogP contribution in [0.3, 0.4) is 0 Å². The number of hydrogen-bond donors (Lipinski definition) is 0. The first kappa shape index (κ1) is 14.6. The molecule has 4 rings (SSSR count). The molecule has 3 aromatic carbocycles. The molecule has 0 fully saturated rings. The summed E-state index contributed by atoms with van der Waals surface area (Å²) in [6, 6.07) is 25.3. The Morgan fingerprint density at radius 1 is 0.667 bits per heavy atom. The van der Waals surface area contributed by atoms with Crippen LogP contribution >= 0.6 is 0 Å². The second-order valence-electron chi connectivity index (χ2n) is 6.24. The quantitative estimate of drug-likeness (QED) is 0.510. The van der Waals surface area contributed by atoms with Crippen molar-refractivity contribution in [2.24, 2.45) is 0 Å². The molecule has 0 aliphatic rings. The van der Waals surface area contributed by atoms with E-state index < -0.39 is 0 Å². The van der Waals surface area contributed by atoms with Crippen molar-refractivity contribution in [2.45, 2.75) is 19.9 Å². The van der Waals surface area contributed by atoms with E-state index in [9.17, 15) is 0 Å². The maximum absolute atomic E-state index is 4.77. The molecule has 1 heterocycles. The number of hydrogen-bond acceptors (Lipinski definition) is 2. The molecule has 24 heavy (non-hydrogen) atoms. The third kappa shape index (κ3) is 2.58. The van der Waals surface area contributed by atoms with Crippen LogP contribution in [0.4, 0.5) is 0 Å². The molecule has 0 N–H and O–H groups in total. The van der Waals surface area contributed by atoms with Gasteiger partial charge >= 0.3 is 0 Å². The van der Waals surface area contributed by atoms with E-state index in [4.69, 9.17) is 10.2 Å². The highest BCUT2D eigenvalue weighted by molar-refractivity contribution is 5.89. The van der Waals surface area contributed by atoms with E-state index in [2.05, 4.69) is 68.4 Å². The summed E-state index contributed by atoms with van der Waals surface area (Å²) in [4.78, 5) is 1.80. The number of nitrogens with zero attached hydrogens (tertiary/aromatic N) is 3. The first-order valence-corrected chi connectivity index (χ1v) is 8.24. The van der Waals surface area contributed by atoms with Crippen LogP contribution in [0.2, 0.25) is 0 Å². The normalized spacial score (nSPS) is 11.3. The van der Waals surface area contributed by atoms with Gasteiger partial charge in [-0.3, -0.25) is 0 Å². The molecule has 0 amide bonds. The molecule has 3 heteroatoms. The van der Waals surface area contributed by atoms with Gasteiger partial charge < -0.3 is 0 Å². The maximum atomic E-state index is 4.77. The van der Waals surface area contributed by atoms with Gasteiger partial charge in [0.1, 0.15) is 11.4 Å². The summed E-state index contributed by atoms with van der Waals surface area (Å²) in [5, 5.41) is 12.0. The van der Waals surface area contributed by atoms with Crippen molar-refractivity contribution in [3.8, 4) is 22.5 Å². The lowest BCUT2D eigenvalue weighted by atomic mass is 10.0. The fourth-order valence-corrected chi connectivity index (χ4v) is 2.87. The lowest BCUT2D eigenvalue weighted by molar-refractivity contribution is 0.468. The summed E-state index contributed by atoms with van der Waals surface area (Å²) < 4.78 is 0.